The van der Waals surface area contributed by atoms with Gasteiger partial charge in [0.2, 0.25) is 0 Å². The lowest BCUT2D eigenvalue weighted by Gasteiger charge is -2.10. The van der Waals surface area contributed by atoms with Crippen LogP contribution in [0.15, 0.2) is 34.8 Å². The molecule has 1 heterocycles. The van der Waals surface area contributed by atoms with Crippen LogP contribution in [0.25, 0.3) is 16.7 Å². The van der Waals surface area contributed by atoms with E-state index in [1.165, 1.54) is 16.7 Å². The largest absolute Gasteiger partial charge is 0.290 e. The summed E-state index contributed by atoms with van der Waals surface area (Å²) in [7, 11) is 0. The van der Waals surface area contributed by atoms with Gasteiger partial charge in [-0.15, -0.1) is 11.6 Å². The highest BCUT2D eigenvalue weighted by atomic mass is 79.9. The van der Waals surface area contributed by atoms with Gasteiger partial charge in [0.05, 0.1) is 16.4 Å². The van der Waals surface area contributed by atoms with Crippen LogP contribution in [0.3, 0.4) is 0 Å². The Morgan fingerprint density at radius 3 is 2.48 bits per heavy atom. The Kier molecular flexibility index (Phi) is 3.90. The summed E-state index contributed by atoms with van der Waals surface area (Å²) in [6, 6.07) is 7.41. The van der Waals surface area contributed by atoms with Gasteiger partial charge in [-0.2, -0.15) is 0 Å². The van der Waals surface area contributed by atoms with Crippen LogP contribution in [0.5, 0.6) is 0 Å². The van der Waals surface area contributed by atoms with Gasteiger partial charge in [-0.1, -0.05) is 33.6 Å². The fourth-order valence-corrected chi connectivity index (χ4v) is 2.99. The van der Waals surface area contributed by atoms with Gasteiger partial charge in [0, 0.05) is 4.47 Å². The number of alkyl halides is 1. The summed E-state index contributed by atoms with van der Waals surface area (Å²) in [5.41, 5.74) is 0.730. The predicted molar refractivity (Wildman–Crippen MR) is 83.3 cm³/mol. The number of imidazole rings is 1. The van der Waals surface area contributed by atoms with E-state index in [9.17, 15) is 8.78 Å². The second-order valence-corrected chi connectivity index (χ2v) is 5.91. The lowest BCUT2D eigenvalue weighted by molar-refractivity contribution is 0.567. The van der Waals surface area contributed by atoms with E-state index in [0.29, 0.717) is 26.4 Å². The second-order valence-electron chi connectivity index (χ2n) is 4.32. The highest BCUT2D eigenvalue weighted by Gasteiger charge is 2.20. The molecule has 0 radical (unpaired) electrons. The van der Waals surface area contributed by atoms with Crippen molar-refractivity contribution in [1.82, 2.24) is 9.55 Å². The standard InChI is InChI=1S/C14H7BrCl2F2N2/c15-7-4-9(18)14(10(19)5-7)21-11-3-1-2-8(17)13(11)20-12(21)6-16/h1-5H,6H2. The molecule has 108 valence electrons. The van der Waals surface area contributed by atoms with Crippen molar-refractivity contribution < 1.29 is 8.78 Å². The maximum Gasteiger partial charge on any atom is 0.151 e. The van der Waals surface area contributed by atoms with Crippen molar-refractivity contribution in [2.24, 2.45) is 0 Å². The number of hydrogen-bond acceptors (Lipinski definition) is 1. The number of rotatable bonds is 2. The van der Waals surface area contributed by atoms with E-state index in [0.717, 1.165) is 0 Å². The molecule has 2 nitrogen and oxygen atoms in total. The highest BCUT2D eigenvalue weighted by molar-refractivity contribution is 9.10. The molecule has 0 aliphatic carbocycles. The van der Waals surface area contributed by atoms with Crippen LogP contribution in [-0.4, -0.2) is 9.55 Å². The topological polar surface area (TPSA) is 17.8 Å². The van der Waals surface area contributed by atoms with Crippen molar-refractivity contribution in [1.29, 1.82) is 0 Å². The Labute approximate surface area is 137 Å². The normalized spacial score (nSPS) is 11.3. The Morgan fingerprint density at radius 2 is 1.86 bits per heavy atom. The minimum Gasteiger partial charge on any atom is -0.290 e. The molecule has 0 bridgehead atoms. The summed E-state index contributed by atoms with van der Waals surface area (Å²) in [6.45, 7) is 0. The third kappa shape index (κ3) is 2.43. The molecule has 0 fully saturated rings. The molecule has 3 rings (SSSR count). The SMILES string of the molecule is Fc1cc(Br)cc(F)c1-n1c(CCl)nc2c(Cl)cccc21. The maximum absolute atomic E-state index is 14.2. The van der Waals surface area contributed by atoms with Gasteiger partial charge in [-0.25, -0.2) is 13.8 Å². The minimum atomic E-state index is -0.715. The van der Waals surface area contributed by atoms with E-state index >= 15 is 0 Å². The van der Waals surface area contributed by atoms with Crippen LogP contribution in [0.1, 0.15) is 5.82 Å². The zero-order valence-electron chi connectivity index (χ0n) is 10.4. The first-order chi connectivity index (χ1) is 10.0. The van der Waals surface area contributed by atoms with Crippen molar-refractivity contribution in [3.63, 3.8) is 0 Å². The third-order valence-corrected chi connectivity index (χ3v) is 4.03. The molecule has 7 heteroatoms. The lowest BCUT2D eigenvalue weighted by atomic mass is 10.2. The molecule has 0 atom stereocenters. The molecule has 0 saturated heterocycles. The van der Waals surface area contributed by atoms with Gasteiger partial charge in [-0.3, -0.25) is 4.57 Å². The fraction of sp³-hybridized carbons (Fsp3) is 0.0714. The molecule has 2 aromatic carbocycles. The summed E-state index contributed by atoms with van der Waals surface area (Å²) < 4.78 is 30.1. The predicted octanol–water partition coefficient (Wildman–Crippen LogP) is 5.46. The molecule has 0 N–H and O–H groups in total. The molecule has 0 saturated carbocycles. The summed E-state index contributed by atoms with van der Waals surface area (Å²) in [4.78, 5) is 4.27. The Balaban J connectivity index is 2.42. The van der Waals surface area contributed by atoms with E-state index in [1.807, 2.05) is 0 Å². The average Bonchev–Trinajstić information content (AvgIpc) is 2.78. The van der Waals surface area contributed by atoms with Gasteiger partial charge >= 0.3 is 0 Å². The number of halogens is 5. The van der Waals surface area contributed by atoms with Gasteiger partial charge in [-0.05, 0) is 24.3 Å². The summed E-state index contributed by atoms with van der Waals surface area (Å²) in [5.74, 6) is -1.11. The number of hydrogen-bond donors (Lipinski definition) is 0. The molecule has 0 unspecified atom stereocenters. The van der Waals surface area contributed by atoms with Crippen molar-refractivity contribution in [2.75, 3.05) is 0 Å². The Morgan fingerprint density at radius 1 is 1.19 bits per heavy atom. The van der Waals surface area contributed by atoms with Crippen LogP contribution < -0.4 is 0 Å². The first-order valence-electron chi connectivity index (χ1n) is 5.89. The number of para-hydroxylation sites is 1. The zero-order chi connectivity index (χ0) is 15.1. The van der Waals surface area contributed by atoms with E-state index in [1.54, 1.807) is 18.2 Å². The van der Waals surface area contributed by atoms with E-state index in [2.05, 4.69) is 20.9 Å². The first-order valence-corrected chi connectivity index (χ1v) is 7.60. The van der Waals surface area contributed by atoms with E-state index in [4.69, 9.17) is 23.2 Å². The Bertz CT molecular complexity index is 825. The van der Waals surface area contributed by atoms with E-state index < -0.39 is 11.6 Å². The van der Waals surface area contributed by atoms with Crippen molar-refractivity contribution in [3.05, 3.63) is 57.3 Å². The van der Waals surface area contributed by atoms with Gasteiger partial charge in [0.1, 0.15) is 17.0 Å². The van der Waals surface area contributed by atoms with Crippen LogP contribution in [0, 0.1) is 11.6 Å². The molecule has 0 aliphatic heterocycles. The second kappa shape index (κ2) is 5.55. The molecule has 3 aromatic rings. The van der Waals surface area contributed by atoms with Crippen LogP contribution in [0.4, 0.5) is 8.78 Å². The van der Waals surface area contributed by atoms with Crippen molar-refractivity contribution in [2.45, 2.75) is 5.88 Å². The van der Waals surface area contributed by atoms with Gasteiger partial charge in [0.25, 0.3) is 0 Å². The summed E-state index contributed by atoms with van der Waals surface area (Å²) >= 11 is 15.0. The quantitative estimate of drug-likeness (QED) is 0.530. The number of benzene rings is 2. The lowest BCUT2D eigenvalue weighted by Crippen LogP contribution is -2.05. The van der Waals surface area contributed by atoms with Gasteiger partial charge in [0.15, 0.2) is 11.6 Å². The first kappa shape index (κ1) is 14.8. The van der Waals surface area contributed by atoms with Crippen LogP contribution in [-0.2, 0) is 5.88 Å². The highest BCUT2D eigenvalue weighted by Crippen LogP contribution is 2.31. The molecule has 21 heavy (non-hydrogen) atoms. The fourth-order valence-electron chi connectivity index (χ4n) is 2.20. The van der Waals surface area contributed by atoms with Crippen LogP contribution in [0.2, 0.25) is 5.02 Å². The monoisotopic (exact) mass is 390 g/mol. The molecule has 0 spiro atoms. The number of nitrogens with zero attached hydrogens (tertiary/aromatic N) is 2. The number of fused-ring (bicyclic) bond motifs is 1. The summed E-state index contributed by atoms with van der Waals surface area (Å²) in [5, 5.41) is 0.399. The zero-order valence-corrected chi connectivity index (χ0v) is 13.5. The molecule has 1 aromatic heterocycles. The molecule has 0 aliphatic rings. The molecular formula is C14H7BrCl2F2N2. The number of aromatic nitrogens is 2. The Hall–Kier alpha value is -1.17. The maximum atomic E-state index is 14.2. The minimum absolute atomic E-state index is 0.0000468. The van der Waals surface area contributed by atoms with Gasteiger partial charge < -0.3 is 0 Å². The average molecular weight is 392 g/mol. The third-order valence-electron chi connectivity index (χ3n) is 3.03. The molecular weight excluding hydrogens is 385 g/mol. The van der Waals surface area contributed by atoms with E-state index in [-0.39, 0.29) is 11.6 Å². The molecule has 0 amide bonds. The summed E-state index contributed by atoms with van der Waals surface area (Å²) in [6.07, 6.45) is 0. The van der Waals surface area contributed by atoms with Crippen molar-refractivity contribution in [3.8, 4) is 5.69 Å². The smallest absolute Gasteiger partial charge is 0.151 e. The van der Waals surface area contributed by atoms with Crippen LogP contribution >= 0.6 is 39.1 Å². The van der Waals surface area contributed by atoms with Crippen molar-refractivity contribution >= 4 is 50.2 Å².